The third kappa shape index (κ3) is 26.4. The van der Waals surface area contributed by atoms with E-state index in [4.69, 9.17) is 306 Å². The van der Waals surface area contributed by atoms with Gasteiger partial charge in [-0.05, 0) is 59.0 Å². The second kappa shape index (κ2) is 47.2. The Morgan fingerprint density at radius 3 is 0.887 bits per heavy atom. The molecule has 0 bridgehead atoms. The Balaban J connectivity index is 0.000000820. The molecule has 79 radical (unpaired) electrons. The van der Waals surface area contributed by atoms with Crippen molar-refractivity contribution in [2.75, 3.05) is 7.11 Å². The first-order valence-corrected chi connectivity index (χ1v) is 36.8. The molecule has 0 fully saturated rings. The van der Waals surface area contributed by atoms with E-state index in [1.54, 1.807) is 30.7 Å². The van der Waals surface area contributed by atoms with Crippen molar-refractivity contribution < 1.29 is 17.5 Å². The van der Waals surface area contributed by atoms with E-state index < -0.39 is 252 Å². The summed E-state index contributed by atoms with van der Waals surface area (Å²) < 4.78 is 46.6. The smallest absolute Gasteiger partial charge is 0.216 e. The van der Waals surface area contributed by atoms with Gasteiger partial charge in [0.05, 0.1) is 12.0 Å². The molecule has 0 aliphatic rings. The first kappa shape index (κ1) is 102. The summed E-state index contributed by atoms with van der Waals surface area (Å²) in [7, 11) is 265. The van der Waals surface area contributed by atoms with Crippen molar-refractivity contribution in [1.29, 1.82) is 0 Å². The molecule has 379 valence electrons. The molecule has 106 heavy (non-hydrogen) atoms. The van der Waals surface area contributed by atoms with Crippen molar-refractivity contribution in [1.82, 2.24) is 0 Å². The molecule has 4 rings (SSSR count). The van der Waals surface area contributed by atoms with Gasteiger partial charge in [0.2, 0.25) is 9.84 Å². The predicted molar refractivity (Wildman–Crippen MR) is 557 cm³/mol. The number of sulfone groups is 1. The minimum Gasteiger partial charge on any atom is -0.496 e. The number of hydrogen-bond donors (Lipinski definition) is 0. The highest BCUT2D eigenvalue weighted by Crippen LogP contribution is 2.36. The normalized spacial score (nSPS) is 10.3. The lowest BCUT2D eigenvalue weighted by Crippen LogP contribution is -2.99. The molecule has 3 nitrogen and oxygen atoms in total. The molecule has 0 N–H and O–H groups in total. The summed E-state index contributed by atoms with van der Waals surface area (Å²) in [5.41, 5.74) is 1.66. The molecule has 0 aliphatic carbocycles. The first-order chi connectivity index (χ1) is 49.1. The molecular weight excluding hydrogens is 1240 g/mol. The van der Waals surface area contributed by atoms with Gasteiger partial charge in [-0.25, -0.2) is 12.8 Å². The number of fused-ring (bicyclic) bond motifs is 1. The van der Waals surface area contributed by atoms with Crippen LogP contribution in [-0.2, 0) is 22.7 Å². The van der Waals surface area contributed by atoms with Crippen molar-refractivity contribution in [3.63, 3.8) is 0 Å². The van der Waals surface area contributed by atoms with Gasteiger partial charge < -0.3 is 4.74 Å². The monoisotopic (exact) mass is 1270 g/mol. The van der Waals surface area contributed by atoms with Crippen LogP contribution in [0.3, 0.4) is 0 Å². The summed E-state index contributed by atoms with van der Waals surface area (Å²) in [5, 5.41) is 2.84. The maximum Gasteiger partial charge on any atom is 0.216 e. The largest absolute Gasteiger partial charge is 0.496 e. The van der Waals surface area contributed by atoms with E-state index in [0.717, 1.165) is 29.7 Å². The van der Waals surface area contributed by atoms with E-state index in [1.165, 1.54) is 12.1 Å². The molecule has 0 unspecified atom stereocenters. The molecule has 0 atom stereocenters. The van der Waals surface area contributed by atoms with E-state index >= 15 is 0 Å². The number of benzene rings is 3. The minimum absolute atomic E-state index is 0.187. The zero-order valence-corrected chi connectivity index (χ0v) is 61.9. The predicted octanol–water partition coefficient (Wildman–Crippen LogP) is -23.7. The summed E-state index contributed by atoms with van der Waals surface area (Å²) >= 11 is 1.16. The van der Waals surface area contributed by atoms with Crippen LogP contribution >= 0.6 is 11.3 Å². The Bertz CT molecular complexity index is 3070. The molecular formula is C23H19B77FO3S2. The fourth-order valence-electron chi connectivity index (χ4n) is 17.1. The standard InChI is InChI=1S/C23H19FO3S2.B77/c1-27-21-6-3-2-5-17(21)9-11-18-10-8-16-12-13-19(24)15-20(16)23(18)29(25,26)22-7-4-14-28-22;1-40-60(41(2)3)70(61(42(4)5)43(6)7)75(71(62(44(8)9)45(10)11)63(46(12)13)47(14)15)77(74(68(56(32)33)57(34)35)69(58(36)37)59(38)39)76(72(64(48(16)17)49(18)19)65(50(20)21)51(22)23)73(66(52(24)25)53(26)27)67(54(28)29)55(30)31/h2-8,10,12-15H,9,11H2,1H3;. The third-order valence-electron chi connectivity index (χ3n) is 21.1. The lowest BCUT2D eigenvalue weighted by Gasteiger charge is -2.61. The second-order valence-electron chi connectivity index (χ2n) is 28.2. The highest BCUT2D eigenvalue weighted by Gasteiger charge is 2.65. The van der Waals surface area contributed by atoms with Crippen LogP contribution in [0.15, 0.2) is 81.2 Å². The SMILES string of the molecule is COc1ccccc1CCc1ccc2ccc(F)cc2c1S(=O)(=O)c1cccs1.[B][B]B(B([B])[B])B(B(B([B])[B])B([B])[B])B(B(B(B([B])[B])B([B])[B])B(B([B])[B])B([B])[B])B(B(B(B([B])[B])B([B])[B])B(B([B])[B])B([B])[B])B(B(B(B([B])[B])B([B])[B])B(B([B])[B])B([B])[B])B(B(B([B])[B])B([B])[B])B(B([B])[B])B([B])[B]. The van der Waals surface area contributed by atoms with Gasteiger partial charge in [0.15, 0.2) is 0 Å². The van der Waals surface area contributed by atoms with Crippen molar-refractivity contribution in [2.45, 2.75) is 21.9 Å². The molecule has 0 saturated heterocycles. The topological polar surface area (TPSA) is 43.4 Å². The maximum absolute atomic E-state index is 14.0. The number of methoxy groups -OCH3 is 1. The van der Waals surface area contributed by atoms with Gasteiger partial charge >= 0.3 is 0 Å². The van der Waals surface area contributed by atoms with Gasteiger partial charge in [-0.15, -0.1) is 11.3 Å². The van der Waals surface area contributed by atoms with Gasteiger partial charge in [0, 0.05) is 550 Å². The number of para-hydroxylation sites is 1. The average Bonchev–Trinajstić information content (AvgIpc) is 0.734. The van der Waals surface area contributed by atoms with Gasteiger partial charge in [0.25, 0.3) is 0 Å². The van der Waals surface area contributed by atoms with E-state index in [0.29, 0.717) is 29.2 Å². The van der Waals surface area contributed by atoms with Gasteiger partial charge in [0.1, 0.15) is 15.8 Å². The van der Waals surface area contributed by atoms with Crippen LogP contribution in [0.1, 0.15) is 11.1 Å². The van der Waals surface area contributed by atoms with E-state index in [2.05, 4.69) is 0 Å². The Kier molecular flexibility index (Phi) is 45.6. The maximum atomic E-state index is 14.0. The molecule has 1 heterocycles. The average molecular weight is 1260 g/mol. The van der Waals surface area contributed by atoms with E-state index in [9.17, 15) is 12.8 Å². The Morgan fingerprint density at radius 1 is 0.340 bits per heavy atom. The molecule has 0 amide bonds. The quantitative estimate of drug-likeness (QED) is 0.0415. The van der Waals surface area contributed by atoms with E-state index in [1.807, 2.05) is 36.4 Å². The van der Waals surface area contributed by atoms with Crippen molar-refractivity contribution >= 4 is 577 Å². The fraction of sp³-hybridized carbons (Fsp3) is 0.130. The van der Waals surface area contributed by atoms with Crippen LogP contribution in [0, 0.1) is 5.82 Å². The van der Waals surface area contributed by atoms with Gasteiger partial charge in [-0.1, -0.05) is 42.5 Å². The summed E-state index contributed by atoms with van der Waals surface area (Å²) in [6.45, 7) is 0. The number of rotatable bonds is 43. The Labute approximate surface area is 711 Å². The number of ether oxygens (including phenoxy) is 1. The van der Waals surface area contributed by atoms with Crippen molar-refractivity contribution in [3.8, 4) is 5.75 Å². The molecule has 0 spiro atoms. The first-order valence-electron chi connectivity index (χ1n) is 34.5. The number of thiophene rings is 1. The zero-order chi connectivity index (χ0) is 81.5. The van der Waals surface area contributed by atoms with Crippen LogP contribution in [-0.4, -0.2) is 561 Å². The van der Waals surface area contributed by atoms with Crippen molar-refractivity contribution in [3.05, 3.63) is 89.1 Å². The number of hydrogen-bond acceptors (Lipinski definition) is 4. The summed E-state index contributed by atoms with van der Waals surface area (Å²) in [5.74, 6) is 0.309. The zero-order valence-electron chi connectivity index (χ0n) is 60.2. The van der Waals surface area contributed by atoms with Crippen LogP contribution < -0.4 is 4.74 Å². The number of aryl methyl sites for hydroxylation is 2. The molecule has 83 heteroatoms. The van der Waals surface area contributed by atoms with Gasteiger partial charge in [-0.3, -0.25) is 0 Å². The van der Waals surface area contributed by atoms with Crippen LogP contribution in [0.2, 0.25) is 0 Å². The second-order valence-corrected chi connectivity index (χ2v) is 31.3. The summed E-state index contributed by atoms with van der Waals surface area (Å²) in [4.78, 5) is 0.187. The summed E-state index contributed by atoms with van der Waals surface area (Å²) in [6, 6.07) is 18.9. The third-order valence-corrected chi connectivity index (χ3v) is 24.4. The summed E-state index contributed by atoms with van der Waals surface area (Å²) in [6.07, 6.45) is -59.0. The fourth-order valence-corrected chi connectivity index (χ4v) is 19.9. The highest BCUT2D eigenvalue weighted by atomic mass is 32.2. The minimum atomic E-state index is -3.77. The van der Waals surface area contributed by atoms with E-state index in [-0.39, 0.29) is 9.10 Å². The molecule has 1 aromatic heterocycles. The number of halogens is 1. The molecule has 3 aromatic carbocycles. The lowest BCUT2D eigenvalue weighted by atomic mass is 8.20. The highest BCUT2D eigenvalue weighted by molar-refractivity contribution is 8.41. The van der Waals surface area contributed by atoms with Gasteiger partial charge in [-0.2, -0.15) is 0 Å². The molecule has 4 aromatic rings. The Morgan fingerprint density at radius 2 is 0.613 bits per heavy atom. The molecule has 0 aliphatic heterocycles. The molecule has 0 saturated carbocycles. The Hall–Kier alpha value is 2.30. The van der Waals surface area contributed by atoms with Crippen LogP contribution in [0.4, 0.5) is 4.39 Å². The van der Waals surface area contributed by atoms with Crippen molar-refractivity contribution in [2.24, 2.45) is 0 Å². The van der Waals surface area contributed by atoms with Crippen LogP contribution in [0.25, 0.3) is 10.8 Å². The van der Waals surface area contributed by atoms with Crippen LogP contribution in [0.5, 0.6) is 5.75 Å². The lowest BCUT2D eigenvalue weighted by molar-refractivity contribution is 0.409.